The van der Waals surface area contributed by atoms with E-state index in [1.54, 1.807) is 0 Å². The highest BCUT2D eigenvalue weighted by molar-refractivity contribution is 5.73. The first kappa shape index (κ1) is 15.0. The number of anilines is 1. The van der Waals surface area contributed by atoms with Gasteiger partial charge in [0.1, 0.15) is 5.75 Å². The molecule has 0 radical (unpaired) electrons. The highest BCUT2D eigenvalue weighted by Gasteiger charge is 2.00. The number of ether oxygens (including phenoxy) is 1. The third-order valence-corrected chi connectivity index (χ3v) is 3.21. The van der Waals surface area contributed by atoms with Gasteiger partial charge in [-0.3, -0.25) is 4.79 Å². The summed E-state index contributed by atoms with van der Waals surface area (Å²) in [6.45, 7) is 4.19. The molecule has 1 aromatic carbocycles. The van der Waals surface area contributed by atoms with E-state index in [9.17, 15) is 4.79 Å². The summed E-state index contributed by atoms with van der Waals surface area (Å²) >= 11 is 0. The Labute approximate surface area is 124 Å². The maximum Gasteiger partial charge on any atom is 0.220 e. The molecule has 1 heterocycles. The van der Waals surface area contributed by atoms with Crippen molar-refractivity contribution >= 4 is 11.6 Å². The topological polar surface area (TPSA) is 69.3 Å². The molecular weight excluding hydrogens is 266 g/mol. The van der Waals surface area contributed by atoms with Crippen molar-refractivity contribution in [2.75, 3.05) is 11.9 Å². The molecular formula is C16H21N3O2. The van der Waals surface area contributed by atoms with Gasteiger partial charge in [0.2, 0.25) is 5.91 Å². The Bertz CT molecular complexity index is 575. The molecule has 112 valence electrons. The maximum absolute atomic E-state index is 10.6. The number of hydrogen-bond donors (Lipinski definition) is 2. The average molecular weight is 287 g/mol. The molecule has 0 saturated heterocycles. The molecule has 0 unspecified atom stereocenters. The normalized spacial score (nSPS) is 10.3. The van der Waals surface area contributed by atoms with Gasteiger partial charge in [0.05, 0.1) is 19.6 Å². The fourth-order valence-corrected chi connectivity index (χ4v) is 2.05. The van der Waals surface area contributed by atoms with Gasteiger partial charge in [-0.25, -0.2) is 0 Å². The number of benzene rings is 1. The lowest BCUT2D eigenvalue weighted by molar-refractivity contribution is -0.118. The Morgan fingerprint density at radius 2 is 2.05 bits per heavy atom. The standard InChI is InChI=1S/C16H21N3O2/c1-2-19-10-3-4-14(19)12-18-13-5-7-15(8-6-13)21-11-9-16(17)20/h3-8,10,18H,2,9,11-12H2,1H3,(H2,17,20). The molecule has 21 heavy (non-hydrogen) atoms. The summed E-state index contributed by atoms with van der Waals surface area (Å²) in [6.07, 6.45) is 2.31. The highest BCUT2D eigenvalue weighted by atomic mass is 16.5. The second-order valence-electron chi connectivity index (χ2n) is 4.73. The molecule has 0 atom stereocenters. The molecule has 5 heteroatoms. The molecule has 1 aromatic heterocycles. The Balaban J connectivity index is 1.83. The highest BCUT2D eigenvalue weighted by Crippen LogP contribution is 2.16. The van der Waals surface area contributed by atoms with Crippen LogP contribution in [0.15, 0.2) is 42.6 Å². The third-order valence-electron chi connectivity index (χ3n) is 3.21. The SMILES string of the molecule is CCn1cccc1CNc1ccc(OCCC(N)=O)cc1. The summed E-state index contributed by atoms with van der Waals surface area (Å²) in [5.41, 5.74) is 7.34. The Morgan fingerprint density at radius 3 is 2.71 bits per heavy atom. The summed E-state index contributed by atoms with van der Waals surface area (Å²) < 4.78 is 7.63. The summed E-state index contributed by atoms with van der Waals surface area (Å²) in [5, 5.41) is 3.37. The summed E-state index contributed by atoms with van der Waals surface area (Å²) in [5.74, 6) is 0.381. The lowest BCUT2D eigenvalue weighted by Gasteiger charge is -2.10. The van der Waals surface area contributed by atoms with E-state index < -0.39 is 0 Å². The number of amides is 1. The van der Waals surface area contributed by atoms with E-state index in [0.717, 1.165) is 24.5 Å². The van der Waals surface area contributed by atoms with Gasteiger partial charge >= 0.3 is 0 Å². The molecule has 1 amide bonds. The number of nitrogens with zero attached hydrogens (tertiary/aromatic N) is 1. The molecule has 0 spiro atoms. The molecule has 0 aliphatic heterocycles. The average Bonchev–Trinajstić information content (AvgIpc) is 2.93. The quantitative estimate of drug-likeness (QED) is 0.783. The van der Waals surface area contributed by atoms with Gasteiger partial charge in [0.15, 0.2) is 0 Å². The van der Waals surface area contributed by atoms with Crippen LogP contribution in [0.2, 0.25) is 0 Å². The van der Waals surface area contributed by atoms with Crippen LogP contribution in [-0.4, -0.2) is 17.1 Å². The monoisotopic (exact) mass is 287 g/mol. The molecule has 0 bridgehead atoms. The molecule has 3 N–H and O–H groups in total. The molecule has 0 fully saturated rings. The van der Waals surface area contributed by atoms with E-state index in [4.69, 9.17) is 10.5 Å². The number of aromatic nitrogens is 1. The van der Waals surface area contributed by atoms with Crippen LogP contribution in [0.1, 0.15) is 19.0 Å². The van der Waals surface area contributed by atoms with E-state index in [2.05, 4.69) is 35.1 Å². The summed E-state index contributed by atoms with van der Waals surface area (Å²) in [4.78, 5) is 10.6. The second-order valence-corrected chi connectivity index (χ2v) is 4.73. The van der Waals surface area contributed by atoms with Crippen LogP contribution >= 0.6 is 0 Å². The van der Waals surface area contributed by atoms with Crippen molar-refractivity contribution in [3.8, 4) is 5.75 Å². The van der Waals surface area contributed by atoms with Gasteiger partial charge < -0.3 is 20.4 Å². The van der Waals surface area contributed by atoms with Crippen LogP contribution in [0, 0.1) is 0 Å². The first-order valence-corrected chi connectivity index (χ1v) is 7.08. The molecule has 0 saturated carbocycles. The van der Waals surface area contributed by atoms with Crippen molar-refractivity contribution in [2.24, 2.45) is 5.73 Å². The predicted octanol–water partition coefficient (Wildman–Crippen LogP) is 2.37. The lowest BCUT2D eigenvalue weighted by Crippen LogP contribution is -2.14. The van der Waals surface area contributed by atoms with Gasteiger partial charge in [-0.15, -0.1) is 0 Å². The summed E-state index contributed by atoms with van der Waals surface area (Å²) in [6, 6.07) is 11.8. The number of rotatable bonds is 8. The predicted molar refractivity (Wildman–Crippen MR) is 83.2 cm³/mol. The number of carbonyl (C=O) groups excluding carboxylic acids is 1. The largest absolute Gasteiger partial charge is 0.493 e. The summed E-state index contributed by atoms with van der Waals surface area (Å²) in [7, 11) is 0. The van der Waals surface area contributed by atoms with Crippen LogP contribution in [-0.2, 0) is 17.9 Å². The smallest absolute Gasteiger partial charge is 0.220 e. The van der Waals surface area contributed by atoms with E-state index >= 15 is 0 Å². The van der Waals surface area contributed by atoms with Crippen LogP contribution < -0.4 is 15.8 Å². The zero-order valence-corrected chi connectivity index (χ0v) is 12.2. The first-order chi connectivity index (χ1) is 10.2. The van der Waals surface area contributed by atoms with Gasteiger partial charge in [0, 0.05) is 24.1 Å². The van der Waals surface area contributed by atoms with Crippen LogP contribution in [0.4, 0.5) is 5.69 Å². The van der Waals surface area contributed by atoms with E-state index in [1.807, 2.05) is 24.3 Å². The minimum absolute atomic E-state index is 0.230. The van der Waals surface area contributed by atoms with Crippen LogP contribution in [0.25, 0.3) is 0 Å². The maximum atomic E-state index is 10.6. The number of carbonyl (C=O) groups is 1. The first-order valence-electron chi connectivity index (χ1n) is 7.08. The zero-order chi connectivity index (χ0) is 15.1. The fraction of sp³-hybridized carbons (Fsp3) is 0.312. The lowest BCUT2D eigenvalue weighted by atomic mass is 10.3. The number of nitrogens with two attached hydrogens (primary N) is 1. The van der Waals surface area contributed by atoms with Gasteiger partial charge in [0.25, 0.3) is 0 Å². The number of aryl methyl sites for hydroxylation is 1. The van der Waals surface area contributed by atoms with Crippen molar-refractivity contribution in [1.82, 2.24) is 4.57 Å². The molecule has 2 rings (SSSR count). The fourth-order valence-electron chi connectivity index (χ4n) is 2.05. The van der Waals surface area contributed by atoms with Crippen molar-refractivity contribution in [3.63, 3.8) is 0 Å². The molecule has 0 aliphatic rings. The van der Waals surface area contributed by atoms with Crippen molar-refractivity contribution in [2.45, 2.75) is 26.4 Å². The molecule has 0 aliphatic carbocycles. The van der Waals surface area contributed by atoms with Gasteiger partial charge in [-0.2, -0.15) is 0 Å². The number of nitrogens with one attached hydrogen (secondary N) is 1. The number of primary amides is 1. The second kappa shape index (κ2) is 7.38. The van der Waals surface area contributed by atoms with Crippen molar-refractivity contribution in [3.05, 3.63) is 48.3 Å². The van der Waals surface area contributed by atoms with Crippen LogP contribution in [0.3, 0.4) is 0 Å². The van der Waals surface area contributed by atoms with Crippen LogP contribution in [0.5, 0.6) is 5.75 Å². The minimum atomic E-state index is -0.354. The molecule has 5 nitrogen and oxygen atoms in total. The van der Waals surface area contributed by atoms with Gasteiger partial charge in [-0.05, 0) is 43.3 Å². The number of hydrogen-bond acceptors (Lipinski definition) is 3. The van der Waals surface area contributed by atoms with Crippen molar-refractivity contribution < 1.29 is 9.53 Å². The van der Waals surface area contributed by atoms with Gasteiger partial charge in [-0.1, -0.05) is 0 Å². The third kappa shape index (κ3) is 4.56. The Hall–Kier alpha value is -2.43. The van der Waals surface area contributed by atoms with E-state index in [0.29, 0.717) is 6.61 Å². The molecule has 2 aromatic rings. The van der Waals surface area contributed by atoms with E-state index in [-0.39, 0.29) is 12.3 Å². The van der Waals surface area contributed by atoms with E-state index in [1.165, 1.54) is 5.69 Å². The zero-order valence-electron chi connectivity index (χ0n) is 12.2. The Morgan fingerprint density at radius 1 is 1.29 bits per heavy atom. The minimum Gasteiger partial charge on any atom is -0.493 e. The van der Waals surface area contributed by atoms with Crippen molar-refractivity contribution in [1.29, 1.82) is 0 Å². The Kier molecular flexibility index (Phi) is 5.26.